The van der Waals surface area contributed by atoms with Gasteiger partial charge in [0, 0.05) is 21.9 Å². The maximum atomic E-state index is 12.7. The van der Waals surface area contributed by atoms with Gasteiger partial charge in [-0.1, -0.05) is 42.5 Å². The van der Waals surface area contributed by atoms with E-state index in [2.05, 4.69) is 0 Å². The Balaban J connectivity index is 0.00000144. The Hall–Kier alpha value is -2.43. The van der Waals surface area contributed by atoms with Crippen LogP contribution in [0.1, 0.15) is 15.9 Å². The normalized spacial score (nSPS) is 12.0. The molecule has 0 radical (unpaired) electrons. The summed E-state index contributed by atoms with van der Waals surface area (Å²) in [6, 6.07) is 14.5. The van der Waals surface area contributed by atoms with Gasteiger partial charge in [-0.15, -0.1) is 12.4 Å². The van der Waals surface area contributed by atoms with Crippen molar-refractivity contribution in [2.45, 2.75) is 6.67 Å². The molecule has 2 N–H and O–H groups in total. The van der Waals surface area contributed by atoms with E-state index in [-0.39, 0.29) is 30.4 Å². The molecule has 4 rings (SSSR count). The van der Waals surface area contributed by atoms with E-state index in [0.717, 1.165) is 5.56 Å². The third-order valence-electron chi connectivity index (χ3n) is 4.02. The highest BCUT2D eigenvalue weighted by atomic mass is 35.5. The Morgan fingerprint density at radius 3 is 2.14 bits per heavy atom. The Morgan fingerprint density at radius 1 is 0.864 bits per heavy atom. The van der Waals surface area contributed by atoms with Crippen LogP contribution in [0.5, 0.6) is 0 Å². The van der Waals surface area contributed by atoms with Crippen molar-refractivity contribution in [1.82, 2.24) is 4.57 Å². The quantitative estimate of drug-likeness (QED) is 0.587. The minimum atomic E-state index is -0.156. The highest BCUT2D eigenvalue weighted by Gasteiger charge is 2.31. The first-order valence-electron chi connectivity index (χ1n) is 6.73. The van der Waals surface area contributed by atoms with Crippen LogP contribution in [-0.2, 0) is 6.67 Å². The first-order valence-corrected chi connectivity index (χ1v) is 6.73. The van der Waals surface area contributed by atoms with Gasteiger partial charge in [-0.25, -0.2) is 0 Å². The van der Waals surface area contributed by atoms with E-state index in [1.807, 2.05) is 30.3 Å². The molecule has 0 aliphatic heterocycles. The highest BCUT2D eigenvalue weighted by Crippen LogP contribution is 2.38. The van der Waals surface area contributed by atoms with Gasteiger partial charge in [0.15, 0.2) is 5.78 Å². The minimum Gasteiger partial charge on any atom is -0.313 e. The molecule has 0 saturated heterocycles. The molecule has 110 valence electrons. The monoisotopic (exact) mass is 312 g/mol. The summed E-state index contributed by atoms with van der Waals surface area (Å²) in [5.74, 6) is -0.0426. The average molecular weight is 313 g/mol. The summed E-state index contributed by atoms with van der Waals surface area (Å²) in [4.78, 5) is 25.3. The number of aromatic nitrogens is 1. The highest BCUT2D eigenvalue weighted by molar-refractivity contribution is 6.26. The number of hydrogen-bond acceptors (Lipinski definition) is 3. The van der Waals surface area contributed by atoms with Crippen LogP contribution < -0.4 is 11.3 Å². The van der Waals surface area contributed by atoms with Crippen LogP contribution in [0.3, 0.4) is 0 Å². The molecule has 22 heavy (non-hydrogen) atoms. The summed E-state index contributed by atoms with van der Waals surface area (Å²) >= 11 is 0. The van der Waals surface area contributed by atoms with E-state index < -0.39 is 0 Å². The summed E-state index contributed by atoms with van der Waals surface area (Å²) in [6.45, 7) is 0.0492. The molecule has 2 aromatic carbocycles. The molecule has 0 unspecified atom stereocenters. The van der Waals surface area contributed by atoms with E-state index in [4.69, 9.17) is 5.73 Å². The lowest BCUT2D eigenvalue weighted by molar-refractivity contribution is 0.104. The van der Waals surface area contributed by atoms with E-state index in [1.54, 1.807) is 18.2 Å². The number of hydrogen-bond donors (Lipinski definition) is 1. The molecular weight excluding hydrogens is 300 g/mol. The number of carbonyl (C=O) groups excluding carboxylic acids is 1. The fourth-order valence-electron chi connectivity index (χ4n) is 3.10. The average Bonchev–Trinajstić information content (AvgIpc) is 2.82. The lowest BCUT2D eigenvalue weighted by Crippen LogP contribution is -2.26. The van der Waals surface area contributed by atoms with Crippen LogP contribution >= 0.6 is 12.4 Å². The van der Waals surface area contributed by atoms with Gasteiger partial charge in [0.05, 0.1) is 17.9 Å². The fraction of sp³-hybridized carbons (Fsp3) is 0.0588. The number of pyridine rings is 1. The molecule has 0 spiro atoms. The van der Waals surface area contributed by atoms with Gasteiger partial charge in [0.1, 0.15) is 0 Å². The van der Waals surface area contributed by atoms with Gasteiger partial charge in [-0.05, 0) is 6.07 Å². The van der Waals surface area contributed by atoms with Gasteiger partial charge in [0.25, 0.3) is 5.56 Å². The first-order chi connectivity index (χ1) is 10.2. The molecule has 0 fully saturated rings. The molecule has 0 amide bonds. The van der Waals surface area contributed by atoms with Crippen molar-refractivity contribution in [3.8, 4) is 11.3 Å². The van der Waals surface area contributed by atoms with E-state index in [9.17, 15) is 9.59 Å². The van der Waals surface area contributed by atoms with Gasteiger partial charge >= 0.3 is 0 Å². The van der Waals surface area contributed by atoms with E-state index in [0.29, 0.717) is 27.6 Å². The summed E-state index contributed by atoms with van der Waals surface area (Å²) in [7, 11) is 0. The Morgan fingerprint density at radius 2 is 1.45 bits per heavy atom. The second kappa shape index (κ2) is 5.09. The molecule has 1 aromatic heterocycles. The number of nitrogens with two attached hydrogens (primary N) is 1. The minimum absolute atomic E-state index is 0. The fourth-order valence-corrected chi connectivity index (χ4v) is 3.10. The van der Waals surface area contributed by atoms with Crippen LogP contribution in [0.2, 0.25) is 0 Å². The molecule has 3 aromatic rings. The smallest absolute Gasteiger partial charge is 0.260 e. The number of benzene rings is 2. The third-order valence-corrected chi connectivity index (χ3v) is 4.02. The summed E-state index contributed by atoms with van der Waals surface area (Å²) < 4.78 is 1.49. The van der Waals surface area contributed by atoms with Crippen LogP contribution in [0.25, 0.3) is 22.0 Å². The number of nitrogens with zero attached hydrogens (tertiary/aromatic N) is 1. The number of rotatable bonds is 1. The standard InChI is InChI=1S/C17H12N2O2.ClH/c18-9-19-15-11-6-2-3-7-12(11)16(20)14(15)10-5-1-4-8-13(10)17(19)21;/h1-8H,9,18H2;1H. The van der Waals surface area contributed by atoms with E-state index in [1.165, 1.54) is 4.57 Å². The molecular formula is C17H13ClN2O2. The van der Waals surface area contributed by atoms with Crippen LogP contribution in [0, 0.1) is 0 Å². The predicted octanol–water partition coefficient (Wildman–Crippen LogP) is 2.55. The van der Waals surface area contributed by atoms with Crippen molar-refractivity contribution >= 4 is 29.0 Å². The van der Waals surface area contributed by atoms with Crippen molar-refractivity contribution < 1.29 is 4.79 Å². The second-order valence-electron chi connectivity index (χ2n) is 5.06. The molecule has 4 nitrogen and oxygen atoms in total. The molecule has 1 heterocycles. The van der Waals surface area contributed by atoms with Gasteiger partial charge in [-0.2, -0.15) is 0 Å². The lowest BCUT2D eigenvalue weighted by Gasteiger charge is -2.12. The third kappa shape index (κ3) is 1.68. The largest absolute Gasteiger partial charge is 0.313 e. The van der Waals surface area contributed by atoms with Gasteiger partial charge < -0.3 is 5.73 Å². The molecule has 0 atom stereocenters. The van der Waals surface area contributed by atoms with Crippen molar-refractivity contribution in [3.05, 3.63) is 70.0 Å². The number of fused-ring (bicyclic) bond motifs is 5. The SMILES string of the molecule is Cl.NCn1c2c(c3ccccc3c1=O)C(=O)c1ccccc1-2. The maximum absolute atomic E-state index is 12.7. The van der Waals surface area contributed by atoms with Crippen LogP contribution in [0.15, 0.2) is 53.3 Å². The number of halogens is 1. The summed E-state index contributed by atoms with van der Waals surface area (Å²) in [5, 5.41) is 1.23. The Kier molecular flexibility index (Phi) is 3.35. The zero-order valence-corrected chi connectivity index (χ0v) is 12.4. The predicted molar refractivity (Wildman–Crippen MR) is 88.5 cm³/mol. The molecule has 5 heteroatoms. The topological polar surface area (TPSA) is 65.1 Å². The number of ketones is 1. The lowest BCUT2D eigenvalue weighted by atomic mass is 10.0. The van der Waals surface area contributed by atoms with Crippen molar-refractivity contribution in [2.75, 3.05) is 0 Å². The van der Waals surface area contributed by atoms with Gasteiger partial charge in [0.2, 0.25) is 0 Å². The zero-order valence-electron chi connectivity index (χ0n) is 11.6. The summed E-state index contributed by atoms with van der Waals surface area (Å²) in [6.07, 6.45) is 0. The maximum Gasteiger partial charge on any atom is 0.260 e. The number of carbonyl (C=O) groups is 1. The zero-order chi connectivity index (χ0) is 14.6. The van der Waals surface area contributed by atoms with Crippen molar-refractivity contribution in [2.24, 2.45) is 5.73 Å². The molecule has 0 bridgehead atoms. The van der Waals surface area contributed by atoms with Gasteiger partial charge in [-0.3, -0.25) is 14.2 Å². The van der Waals surface area contributed by atoms with Crippen molar-refractivity contribution in [3.63, 3.8) is 0 Å². The van der Waals surface area contributed by atoms with Crippen molar-refractivity contribution in [1.29, 1.82) is 0 Å². The summed E-state index contributed by atoms with van der Waals surface area (Å²) in [5.41, 5.74) is 8.25. The Labute approximate surface area is 132 Å². The Bertz CT molecular complexity index is 976. The van der Waals surface area contributed by atoms with Crippen LogP contribution in [-0.4, -0.2) is 10.4 Å². The van der Waals surface area contributed by atoms with E-state index >= 15 is 0 Å². The molecule has 0 saturated carbocycles. The molecule has 1 aliphatic rings. The van der Waals surface area contributed by atoms with Crippen LogP contribution in [0.4, 0.5) is 0 Å². The molecule has 1 aliphatic carbocycles. The first kappa shape index (κ1) is 14.5. The second-order valence-corrected chi connectivity index (χ2v) is 5.06.